The van der Waals surface area contributed by atoms with Gasteiger partial charge < -0.3 is 9.51 Å². The van der Waals surface area contributed by atoms with Crippen LogP contribution in [0.5, 0.6) is 0 Å². The van der Waals surface area contributed by atoms with Crippen molar-refractivity contribution in [3.8, 4) is 0 Å². The maximum absolute atomic E-state index is 12.4. The van der Waals surface area contributed by atoms with Crippen molar-refractivity contribution in [1.82, 2.24) is 9.72 Å². The van der Waals surface area contributed by atoms with Gasteiger partial charge in [-0.25, -0.2) is 4.79 Å². The minimum atomic E-state index is -1.60. The number of nitrogens with zero attached hydrogens (tertiary/aromatic N) is 1. The number of likely N-dealkylation sites (N-methyl/N-ethyl adjacent to an activating group) is 1. The molecule has 0 bridgehead atoms. The van der Waals surface area contributed by atoms with Crippen molar-refractivity contribution in [2.24, 2.45) is 0 Å². The van der Waals surface area contributed by atoms with Crippen LogP contribution in [0, 0.1) is 0 Å². The van der Waals surface area contributed by atoms with Gasteiger partial charge in [0, 0.05) is 23.5 Å². The van der Waals surface area contributed by atoms with Crippen LogP contribution in [0.25, 0.3) is 5.52 Å². The molecule has 0 aliphatic carbocycles. The summed E-state index contributed by atoms with van der Waals surface area (Å²) >= 11 is 0. The zero-order valence-corrected chi connectivity index (χ0v) is 10.9. The molecular weight excluding hydrogens is 244 g/mol. The van der Waals surface area contributed by atoms with E-state index in [4.69, 9.17) is 0 Å². The van der Waals surface area contributed by atoms with Crippen LogP contribution in [-0.4, -0.2) is 33.3 Å². The van der Waals surface area contributed by atoms with Gasteiger partial charge in [0.15, 0.2) is 11.3 Å². The SMILES string of the molecule is CCNC(C)(C(=O)O)C(=O)c1ccn2cccc2c1. The standard InChI is InChI=1S/C14H16N2O3/c1-3-15-14(2,13(18)19)12(17)10-6-8-16-7-4-5-11(16)9-10/h4-9,15H,3H2,1-2H3,(H,18,19). The Morgan fingerprint density at radius 1 is 1.37 bits per heavy atom. The molecule has 5 heteroatoms. The maximum Gasteiger partial charge on any atom is 0.331 e. The molecular formula is C14H16N2O3. The van der Waals surface area contributed by atoms with Crippen LogP contribution in [0.1, 0.15) is 24.2 Å². The van der Waals surface area contributed by atoms with Gasteiger partial charge in [0.25, 0.3) is 0 Å². The summed E-state index contributed by atoms with van der Waals surface area (Å²) in [6, 6.07) is 7.06. The average Bonchev–Trinajstić information content (AvgIpc) is 2.84. The van der Waals surface area contributed by atoms with Gasteiger partial charge in [-0.1, -0.05) is 6.92 Å². The van der Waals surface area contributed by atoms with Crippen molar-refractivity contribution in [1.29, 1.82) is 0 Å². The van der Waals surface area contributed by atoms with E-state index in [1.807, 2.05) is 22.7 Å². The van der Waals surface area contributed by atoms with Crippen LogP contribution < -0.4 is 5.32 Å². The van der Waals surface area contributed by atoms with Crippen LogP contribution in [0.3, 0.4) is 0 Å². The average molecular weight is 260 g/mol. The van der Waals surface area contributed by atoms with Crippen LogP contribution in [0.15, 0.2) is 36.7 Å². The molecule has 2 heterocycles. The lowest BCUT2D eigenvalue weighted by molar-refractivity contribution is -0.141. The maximum atomic E-state index is 12.4. The number of fused-ring (bicyclic) bond motifs is 1. The van der Waals surface area contributed by atoms with E-state index in [1.54, 1.807) is 25.3 Å². The summed E-state index contributed by atoms with van der Waals surface area (Å²) in [6.07, 6.45) is 3.61. The number of aliphatic carboxylic acids is 1. The highest BCUT2D eigenvalue weighted by atomic mass is 16.4. The largest absolute Gasteiger partial charge is 0.480 e. The number of aromatic nitrogens is 1. The first kappa shape index (κ1) is 13.3. The normalized spacial score (nSPS) is 14.2. The Bertz CT molecular complexity index is 632. The van der Waals surface area contributed by atoms with Gasteiger partial charge in [0.05, 0.1) is 0 Å². The number of carboxylic acids is 1. The number of hydrogen-bond acceptors (Lipinski definition) is 3. The molecule has 0 radical (unpaired) electrons. The van der Waals surface area contributed by atoms with E-state index in [9.17, 15) is 14.7 Å². The van der Waals surface area contributed by atoms with E-state index < -0.39 is 17.3 Å². The minimum Gasteiger partial charge on any atom is -0.480 e. The molecule has 1 atom stereocenters. The fourth-order valence-electron chi connectivity index (χ4n) is 2.07. The molecule has 100 valence electrons. The molecule has 5 nitrogen and oxygen atoms in total. The zero-order valence-electron chi connectivity index (χ0n) is 10.9. The molecule has 0 aliphatic heterocycles. The summed E-state index contributed by atoms with van der Waals surface area (Å²) in [5, 5.41) is 12.0. The van der Waals surface area contributed by atoms with Crippen molar-refractivity contribution >= 4 is 17.3 Å². The summed E-state index contributed by atoms with van der Waals surface area (Å²) in [5.41, 5.74) is -0.355. The van der Waals surface area contributed by atoms with E-state index in [2.05, 4.69) is 5.32 Å². The number of Topliss-reactive ketones (excluding diaryl/α,β-unsaturated/α-hetero) is 1. The predicted octanol–water partition coefficient (Wildman–Crippen LogP) is 1.57. The van der Waals surface area contributed by atoms with Crippen molar-refractivity contribution in [2.75, 3.05) is 6.54 Å². The Hall–Kier alpha value is -2.14. The van der Waals surface area contributed by atoms with Crippen molar-refractivity contribution in [3.05, 3.63) is 42.2 Å². The lowest BCUT2D eigenvalue weighted by Gasteiger charge is -2.24. The molecule has 0 spiro atoms. The second-order valence-corrected chi connectivity index (χ2v) is 4.55. The number of ketones is 1. The van der Waals surface area contributed by atoms with E-state index in [0.717, 1.165) is 5.52 Å². The predicted molar refractivity (Wildman–Crippen MR) is 71.4 cm³/mol. The van der Waals surface area contributed by atoms with Crippen LogP contribution in [0.2, 0.25) is 0 Å². The molecule has 2 N–H and O–H groups in total. The highest BCUT2D eigenvalue weighted by Gasteiger charge is 2.40. The van der Waals surface area contributed by atoms with Gasteiger partial charge in [0.1, 0.15) is 0 Å². The summed E-state index contributed by atoms with van der Waals surface area (Å²) in [4.78, 5) is 23.8. The van der Waals surface area contributed by atoms with E-state index in [-0.39, 0.29) is 0 Å². The summed E-state index contributed by atoms with van der Waals surface area (Å²) in [6.45, 7) is 3.57. The molecule has 0 aliphatic rings. The highest BCUT2D eigenvalue weighted by Crippen LogP contribution is 2.16. The third-order valence-corrected chi connectivity index (χ3v) is 3.20. The molecule has 0 aromatic carbocycles. The van der Waals surface area contributed by atoms with E-state index in [1.165, 1.54) is 6.92 Å². The topological polar surface area (TPSA) is 70.8 Å². The lowest BCUT2D eigenvalue weighted by Crippen LogP contribution is -2.55. The van der Waals surface area contributed by atoms with E-state index >= 15 is 0 Å². The zero-order chi connectivity index (χ0) is 14.0. The van der Waals surface area contributed by atoms with Crippen molar-refractivity contribution in [3.63, 3.8) is 0 Å². The van der Waals surface area contributed by atoms with Gasteiger partial charge in [0.2, 0.25) is 0 Å². The Balaban J connectivity index is 2.43. The minimum absolute atomic E-state index is 0.386. The number of carbonyl (C=O) groups is 2. The third kappa shape index (κ3) is 2.24. The van der Waals surface area contributed by atoms with Crippen LogP contribution >= 0.6 is 0 Å². The first-order valence-corrected chi connectivity index (χ1v) is 6.09. The number of pyridine rings is 1. The second-order valence-electron chi connectivity index (χ2n) is 4.55. The summed E-state index contributed by atoms with van der Waals surface area (Å²) in [7, 11) is 0. The Labute approximate surface area is 110 Å². The molecule has 0 saturated heterocycles. The first-order valence-electron chi connectivity index (χ1n) is 6.09. The fourth-order valence-corrected chi connectivity index (χ4v) is 2.07. The second kappa shape index (κ2) is 4.85. The van der Waals surface area contributed by atoms with Gasteiger partial charge >= 0.3 is 5.97 Å². The van der Waals surface area contributed by atoms with Gasteiger partial charge in [-0.05, 0) is 37.7 Å². The van der Waals surface area contributed by atoms with E-state index in [0.29, 0.717) is 12.1 Å². The molecule has 0 saturated carbocycles. The quantitative estimate of drug-likeness (QED) is 0.632. The summed E-state index contributed by atoms with van der Waals surface area (Å²) < 4.78 is 1.86. The molecule has 1 unspecified atom stereocenters. The van der Waals surface area contributed by atoms with Crippen LogP contribution in [-0.2, 0) is 4.79 Å². The summed E-state index contributed by atoms with van der Waals surface area (Å²) in [5.74, 6) is -1.61. The molecule has 0 amide bonds. The van der Waals surface area contributed by atoms with Gasteiger partial charge in [-0.2, -0.15) is 0 Å². The number of carbonyl (C=O) groups excluding carboxylic acids is 1. The smallest absolute Gasteiger partial charge is 0.331 e. The fraction of sp³-hybridized carbons (Fsp3) is 0.286. The number of nitrogens with one attached hydrogen (secondary N) is 1. The number of hydrogen-bond donors (Lipinski definition) is 2. The molecule has 2 rings (SSSR count). The van der Waals surface area contributed by atoms with Crippen molar-refractivity contribution in [2.45, 2.75) is 19.4 Å². The molecule has 0 fully saturated rings. The Morgan fingerprint density at radius 3 is 2.74 bits per heavy atom. The Kier molecular flexibility index (Phi) is 3.40. The lowest BCUT2D eigenvalue weighted by atomic mass is 9.91. The van der Waals surface area contributed by atoms with Gasteiger partial charge in [-0.15, -0.1) is 0 Å². The molecule has 2 aromatic rings. The monoisotopic (exact) mass is 260 g/mol. The highest BCUT2D eigenvalue weighted by molar-refractivity contribution is 6.16. The van der Waals surface area contributed by atoms with Crippen molar-refractivity contribution < 1.29 is 14.7 Å². The Morgan fingerprint density at radius 2 is 2.11 bits per heavy atom. The van der Waals surface area contributed by atoms with Gasteiger partial charge in [-0.3, -0.25) is 10.1 Å². The van der Waals surface area contributed by atoms with Crippen LogP contribution in [0.4, 0.5) is 0 Å². The number of rotatable bonds is 5. The first-order chi connectivity index (χ1) is 8.99. The third-order valence-electron chi connectivity index (χ3n) is 3.20. The number of carboxylic acid groups (broad SMARTS) is 1. The molecule has 19 heavy (non-hydrogen) atoms. The molecule has 2 aromatic heterocycles.